The van der Waals surface area contributed by atoms with Gasteiger partial charge in [-0.1, -0.05) is 18.2 Å². The normalized spacial score (nSPS) is 11.6. The highest BCUT2D eigenvalue weighted by atomic mass is 16.6. The summed E-state index contributed by atoms with van der Waals surface area (Å²) in [6, 6.07) is 7.67. The molecule has 0 radical (unpaired) electrons. The van der Waals surface area contributed by atoms with Gasteiger partial charge in [0.15, 0.2) is 0 Å². The van der Waals surface area contributed by atoms with E-state index >= 15 is 0 Å². The monoisotopic (exact) mass is 427 g/mol. The van der Waals surface area contributed by atoms with Crippen LogP contribution in [0.5, 0.6) is 0 Å². The Balaban J connectivity index is 1.54. The lowest BCUT2D eigenvalue weighted by Crippen LogP contribution is -2.35. The Morgan fingerprint density at radius 2 is 1.90 bits per heavy atom. The molecule has 0 bridgehead atoms. The molecule has 0 saturated heterocycles. The predicted octanol–water partition coefficient (Wildman–Crippen LogP) is 2.61. The molecule has 0 atom stereocenters. The number of alkyl carbamates (subject to hydrolysis) is 1. The number of nitrogens with one attached hydrogen (secondary N) is 3. The summed E-state index contributed by atoms with van der Waals surface area (Å²) in [5.74, 6) is -0.172. The molecule has 166 valence electrons. The molecule has 0 spiro atoms. The second-order valence-electron chi connectivity index (χ2n) is 8.43. The van der Waals surface area contributed by atoms with Crippen LogP contribution in [0.4, 0.5) is 4.79 Å². The van der Waals surface area contributed by atoms with Crippen molar-refractivity contribution in [3.8, 4) is 0 Å². The summed E-state index contributed by atoms with van der Waals surface area (Å²) in [5.41, 5.74) is 1.57. The number of amides is 2. The van der Waals surface area contributed by atoms with E-state index in [1.54, 1.807) is 25.3 Å². The van der Waals surface area contributed by atoms with E-state index in [9.17, 15) is 14.4 Å². The third-order valence-corrected chi connectivity index (χ3v) is 4.76. The van der Waals surface area contributed by atoms with Crippen LogP contribution in [0, 0.1) is 6.92 Å². The highest BCUT2D eigenvalue weighted by molar-refractivity contribution is 6.03. The summed E-state index contributed by atoms with van der Waals surface area (Å²) in [5, 5.41) is 14.1. The van der Waals surface area contributed by atoms with E-state index in [-0.39, 0.29) is 24.4 Å². The molecule has 9 heteroatoms. The van der Waals surface area contributed by atoms with E-state index in [0.717, 1.165) is 16.6 Å². The summed E-state index contributed by atoms with van der Waals surface area (Å²) in [7, 11) is 0. The number of ether oxygens (including phenoxy) is 1. The van der Waals surface area contributed by atoms with Gasteiger partial charge in [0.25, 0.3) is 5.56 Å². The molecule has 2 heterocycles. The van der Waals surface area contributed by atoms with Crippen molar-refractivity contribution < 1.29 is 14.3 Å². The van der Waals surface area contributed by atoms with Crippen LogP contribution in [0.2, 0.25) is 0 Å². The van der Waals surface area contributed by atoms with Crippen LogP contribution in [-0.2, 0) is 16.1 Å². The number of nitrogens with zero attached hydrogens (tertiary/aromatic N) is 2. The molecular weight excluding hydrogens is 398 g/mol. The van der Waals surface area contributed by atoms with E-state index in [2.05, 4.69) is 20.8 Å². The average molecular weight is 428 g/mol. The van der Waals surface area contributed by atoms with Crippen molar-refractivity contribution in [3.63, 3.8) is 0 Å². The lowest BCUT2D eigenvalue weighted by Gasteiger charge is -2.19. The fraction of sp³-hybridized carbons (Fsp3) is 0.455. The van der Waals surface area contributed by atoms with Crippen LogP contribution >= 0.6 is 0 Å². The maximum Gasteiger partial charge on any atom is 0.407 e. The van der Waals surface area contributed by atoms with Crippen molar-refractivity contribution in [3.05, 3.63) is 40.3 Å². The van der Waals surface area contributed by atoms with Gasteiger partial charge in [-0.25, -0.2) is 4.79 Å². The zero-order valence-electron chi connectivity index (χ0n) is 18.4. The average Bonchev–Trinajstić information content (AvgIpc) is 3.08. The maximum atomic E-state index is 13.0. The SMILES string of the molecule is Cc1[nH]nc2c1c(=O)n(CCCNC(=O)CCNC(=O)OC(C)(C)C)c1ccccc21. The fourth-order valence-electron chi connectivity index (χ4n) is 3.41. The first kappa shape index (κ1) is 22.3. The molecular formula is C22H29N5O4. The molecule has 3 N–H and O–H groups in total. The molecule has 0 aliphatic heterocycles. The number of carbonyl (C=O) groups is 2. The largest absolute Gasteiger partial charge is 0.444 e. The number of H-pyrrole nitrogens is 1. The van der Waals surface area contributed by atoms with Crippen molar-refractivity contribution in [2.75, 3.05) is 13.1 Å². The lowest BCUT2D eigenvalue weighted by molar-refractivity contribution is -0.120. The van der Waals surface area contributed by atoms with E-state index in [4.69, 9.17) is 4.74 Å². The van der Waals surface area contributed by atoms with Crippen LogP contribution in [0.1, 0.15) is 39.3 Å². The summed E-state index contributed by atoms with van der Waals surface area (Å²) in [4.78, 5) is 36.6. The van der Waals surface area contributed by atoms with Crippen molar-refractivity contribution >= 4 is 33.8 Å². The summed E-state index contributed by atoms with van der Waals surface area (Å²) < 4.78 is 6.86. The Morgan fingerprint density at radius 3 is 2.65 bits per heavy atom. The molecule has 0 aliphatic rings. The number of fused-ring (bicyclic) bond motifs is 3. The number of pyridine rings is 1. The molecule has 0 unspecified atom stereocenters. The first-order chi connectivity index (χ1) is 14.7. The Hall–Kier alpha value is -3.36. The second-order valence-corrected chi connectivity index (χ2v) is 8.43. The number of hydrogen-bond acceptors (Lipinski definition) is 5. The van der Waals surface area contributed by atoms with Gasteiger partial charge in [-0.15, -0.1) is 0 Å². The van der Waals surface area contributed by atoms with E-state index in [0.29, 0.717) is 30.4 Å². The van der Waals surface area contributed by atoms with Crippen molar-refractivity contribution in [2.45, 2.75) is 52.7 Å². The molecule has 31 heavy (non-hydrogen) atoms. The van der Waals surface area contributed by atoms with Gasteiger partial charge < -0.3 is 19.9 Å². The van der Waals surface area contributed by atoms with Crippen LogP contribution in [0.15, 0.2) is 29.1 Å². The fourth-order valence-corrected chi connectivity index (χ4v) is 3.41. The number of benzene rings is 1. The standard InChI is InChI=1S/C22H29N5O4/c1-14-18-19(26-25-14)15-8-5-6-9-16(15)27(20(18)29)13-7-11-23-17(28)10-12-24-21(30)31-22(2,3)4/h5-6,8-9H,7,10-13H2,1-4H3,(H,23,28)(H,24,30)(H,25,26). The maximum absolute atomic E-state index is 13.0. The minimum atomic E-state index is -0.577. The van der Waals surface area contributed by atoms with Crippen LogP contribution in [0.25, 0.3) is 21.8 Å². The Labute approximate surface area is 180 Å². The van der Waals surface area contributed by atoms with Crippen LogP contribution < -0.4 is 16.2 Å². The van der Waals surface area contributed by atoms with E-state index < -0.39 is 11.7 Å². The van der Waals surface area contributed by atoms with Crippen molar-refractivity contribution in [2.24, 2.45) is 0 Å². The highest BCUT2D eigenvalue weighted by Gasteiger charge is 2.16. The number of aromatic amines is 1. The van der Waals surface area contributed by atoms with Gasteiger partial charge in [0.2, 0.25) is 5.91 Å². The van der Waals surface area contributed by atoms with Gasteiger partial charge in [-0.2, -0.15) is 5.10 Å². The van der Waals surface area contributed by atoms with Crippen LogP contribution in [-0.4, -0.2) is 45.5 Å². The van der Waals surface area contributed by atoms with Crippen molar-refractivity contribution in [1.82, 2.24) is 25.4 Å². The zero-order valence-corrected chi connectivity index (χ0v) is 18.4. The Bertz CT molecular complexity index is 1160. The lowest BCUT2D eigenvalue weighted by atomic mass is 10.1. The van der Waals surface area contributed by atoms with Gasteiger partial charge >= 0.3 is 6.09 Å². The quantitative estimate of drug-likeness (QED) is 0.501. The minimum absolute atomic E-state index is 0.0900. The smallest absolute Gasteiger partial charge is 0.407 e. The zero-order chi connectivity index (χ0) is 22.6. The third kappa shape index (κ3) is 5.42. The van der Waals surface area contributed by atoms with E-state index in [1.807, 2.05) is 31.2 Å². The number of para-hydroxylation sites is 1. The predicted molar refractivity (Wildman–Crippen MR) is 119 cm³/mol. The highest BCUT2D eigenvalue weighted by Crippen LogP contribution is 2.22. The summed E-state index contributed by atoms with van der Waals surface area (Å²) in [6.07, 6.45) is 0.205. The van der Waals surface area contributed by atoms with Gasteiger partial charge in [0, 0.05) is 37.1 Å². The van der Waals surface area contributed by atoms with E-state index in [1.165, 1.54) is 0 Å². The first-order valence-corrected chi connectivity index (χ1v) is 10.4. The Morgan fingerprint density at radius 1 is 1.16 bits per heavy atom. The summed E-state index contributed by atoms with van der Waals surface area (Å²) in [6.45, 7) is 8.26. The number of aromatic nitrogens is 3. The van der Waals surface area contributed by atoms with Gasteiger partial charge in [-0.05, 0) is 40.2 Å². The number of carbonyl (C=O) groups excluding carboxylic acids is 2. The molecule has 3 rings (SSSR count). The topological polar surface area (TPSA) is 118 Å². The molecule has 0 aliphatic carbocycles. The molecule has 2 aromatic heterocycles. The number of aryl methyl sites for hydroxylation is 2. The number of hydrogen-bond donors (Lipinski definition) is 3. The van der Waals surface area contributed by atoms with Gasteiger partial charge in [0.1, 0.15) is 11.1 Å². The molecule has 9 nitrogen and oxygen atoms in total. The van der Waals surface area contributed by atoms with Crippen LogP contribution in [0.3, 0.4) is 0 Å². The van der Waals surface area contributed by atoms with Crippen molar-refractivity contribution in [1.29, 1.82) is 0 Å². The van der Waals surface area contributed by atoms with Gasteiger partial charge in [0.05, 0.1) is 10.9 Å². The molecule has 1 aromatic carbocycles. The minimum Gasteiger partial charge on any atom is -0.444 e. The molecule has 0 fully saturated rings. The Kier molecular flexibility index (Phi) is 6.62. The number of rotatable bonds is 7. The van der Waals surface area contributed by atoms with Gasteiger partial charge in [-0.3, -0.25) is 14.7 Å². The molecule has 2 amide bonds. The second kappa shape index (κ2) is 9.20. The molecule has 0 saturated carbocycles. The summed E-state index contributed by atoms with van der Waals surface area (Å²) >= 11 is 0. The molecule has 3 aromatic rings. The first-order valence-electron chi connectivity index (χ1n) is 10.4. The third-order valence-electron chi connectivity index (χ3n) is 4.76.